The maximum Gasteiger partial charge on any atom is 0.328 e. The molecule has 0 aromatic carbocycles. The fourth-order valence-electron chi connectivity index (χ4n) is 2.33. The number of aliphatic carboxylic acids is 1. The van der Waals surface area contributed by atoms with Crippen molar-refractivity contribution in [2.45, 2.75) is 63.2 Å². The molecule has 0 spiro atoms. The quantitative estimate of drug-likeness (QED) is 0.118. The number of carbonyl (C=O) groups is 5. The second-order valence-corrected chi connectivity index (χ2v) is 6.77. The van der Waals surface area contributed by atoms with Gasteiger partial charge < -0.3 is 43.4 Å². The van der Waals surface area contributed by atoms with E-state index in [9.17, 15) is 24.0 Å². The van der Waals surface area contributed by atoms with E-state index in [1.807, 2.05) is 0 Å². The SMILES string of the molecule is CC(NC(=O)C(CCCCN)NC(=O)C(N)CCC(N)=O)C(=O)NC(CO)C(=O)O. The molecule has 0 saturated carbocycles. The number of unbranched alkanes of at least 4 members (excludes halogenated alkanes) is 1. The van der Waals surface area contributed by atoms with E-state index in [0.717, 1.165) is 0 Å². The third kappa shape index (κ3) is 10.7. The Balaban J connectivity index is 4.98. The molecule has 0 aliphatic heterocycles. The van der Waals surface area contributed by atoms with Gasteiger partial charge in [0, 0.05) is 6.42 Å². The maximum atomic E-state index is 12.5. The lowest BCUT2D eigenvalue weighted by molar-refractivity contribution is -0.143. The number of hydrogen-bond acceptors (Lipinski definition) is 8. The molecule has 11 N–H and O–H groups in total. The minimum Gasteiger partial charge on any atom is -0.480 e. The summed E-state index contributed by atoms with van der Waals surface area (Å²) in [5, 5.41) is 24.8. The van der Waals surface area contributed by atoms with Crippen LogP contribution in [0.3, 0.4) is 0 Å². The van der Waals surface area contributed by atoms with Gasteiger partial charge in [0.15, 0.2) is 0 Å². The second kappa shape index (κ2) is 14.3. The minimum absolute atomic E-state index is 0.00878. The van der Waals surface area contributed by atoms with E-state index in [-0.39, 0.29) is 19.3 Å². The molecule has 4 atom stereocenters. The van der Waals surface area contributed by atoms with Gasteiger partial charge in [-0.15, -0.1) is 0 Å². The van der Waals surface area contributed by atoms with Gasteiger partial charge in [0.05, 0.1) is 12.6 Å². The molecule has 13 heteroatoms. The van der Waals surface area contributed by atoms with Gasteiger partial charge in [0.1, 0.15) is 18.1 Å². The van der Waals surface area contributed by atoms with Crippen molar-refractivity contribution in [3.63, 3.8) is 0 Å². The van der Waals surface area contributed by atoms with Crippen molar-refractivity contribution in [1.29, 1.82) is 0 Å². The van der Waals surface area contributed by atoms with Gasteiger partial charge in [-0.1, -0.05) is 0 Å². The van der Waals surface area contributed by atoms with Gasteiger partial charge >= 0.3 is 5.97 Å². The third-order valence-corrected chi connectivity index (χ3v) is 4.17. The second-order valence-electron chi connectivity index (χ2n) is 6.77. The number of carboxylic acids is 1. The van der Waals surface area contributed by atoms with Gasteiger partial charge in [-0.3, -0.25) is 19.2 Å². The largest absolute Gasteiger partial charge is 0.480 e. The van der Waals surface area contributed by atoms with Crippen LogP contribution in [0.15, 0.2) is 0 Å². The fourth-order valence-corrected chi connectivity index (χ4v) is 2.33. The molecule has 30 heavy (non-hydrogen) atoms. The van der Waals surface area contributed by atoms with Crippen molar-refractivity contribution in [3.8, 4) is 0 Å². The fraction of sp³-hybridized carbons (Fsp3) is 0.706. The first-order valence-corrected chi connectivity index (χ1v) is 9.52. The molecule has 0 heterocycles. The summed E-state index contributed by atoms with van der Waals surface area (Å²) in [6, 6.07) is -4.72. The molecule has 172 valence electrons. The van der Waals surface area contributed by atoms with Crippen LogP contribution < -0.4 is 33.2 Å². The summed E-state index contributed by atoms with van der Waals surface area (Å²) < 4.78 is 0. The van der Waals surface area contributed by atoms with Crippen LogP contribution in [0, 0.1) is 0 Å². The molecular formula is C17H32N6O7. The number of aliphatic hydroxyl groups is 1. The van der Waals surface area contributed by atoms with Crippen molar-refractivity contribution >= 4 is 29.6 Å². The highest BCUT2D eigenvalue weighted by molar-refractivity contribution is 5.94. The van der Waals surface area contributed by atoms with E-state index in [1.165, 1.54) is 6.92 Å². The van der Waals surface area contributed by atoms with E-state index in [2.05, 4.69) is 16.0 Å². The number of carboxylic acid groups (broad SMARTS) is 1. The first kappa shape index (κ1) is 27.2. The van der Waals surface area contributed by atoms with Gasteiger partial charge in [-0.05, 0) is 39.2 Å². The normalized spacial score (nSPS) is 14.7. The molecule has 0 saturated heterocycles. The zero-order valence-electron chi connectivity index (χ0n) is 16.9. The van der Waals surface area contributed by atoms with Crippen molar-refractivity contribution in [2.24, 2.45) is 17.2 Å². The van der Waals surface area contributed by atoms with Crippen LogP contribution in [0.4, 0.5) is 0 Å². The number of nitrogens with two attached hydrogens (primary N) is 3. The Bertz CT molecular complexity index is 615. The predicted molar refractivity (Wildman–Crippen MR) is 105 cm³/mol. The first-order chi connectivity index (χ1) is 14.0. The number of nitrogens with one attached hydrogen (secondary N) is 3. The number of primary amides is 1. The molecule has 0 fully saturated rings. The Morgan fingerprint density at radius 2 is 1.50 bits per heavy atom. The summed E-state index contributed by atoms with van der Waals surface area (Å²) in [6.07, 6.45) is 1.25. The Morgan fingerprint density at radius 1 is 0.900 bits per heavy atom. The van der Waals surface area contributed by atoms with Gasteiger partial charge in [0.2, 0.25) is 23.6 Å². The highest BCUT2D eigenvalue weighted by atomic mass is 16.4. The smallest absolute Gasteiger partial charge is 0.328 e. The van der Waals surface area contributed by atoms with E-state index < -0.39 is 60.4 Å². The summed E-state index contributed by atoms with van der Waals surface area (Å²) in [4.78, 5) is 58.5. The average molecular weight is 432 g/mol. The Kier molecular flexibility index (Phi) is 12.9. The Morgan fingerprint density at radius 3 is 2.00 bits per heavy atom. The molecule has 0 bridgehead atoms. The van der Waals surface area contributed by atoms with Crippen molar-refractivity contribution in [3.05, 3.63) is 0 Å². The minimum atomic E-state index is -1.51. The molecule has 4 unspecified atom stereocenters. The van der Waals surface area contributed by atoms with Crippen molar-refractivity contribution < 1.29 is 34.2 Å². The van der Waals surface area contributed by atoms with Gasteiger partial charge in [0.25, 0.3) is 0 Å². The number of rotatable bonds is 15. The highest BCUT2D eigenvalue weighted by Crippen LogP contribution is 2.04. The van der Waals surface area contributed by atoms with E-state index in [0.29, 0.717) is 19.4 Å². The lowest BCUT2D eigenvalue weighted by Gasteiger charge is -2.23. The molecule has 0 radical (unpaired) electrons. The first-order valence-electron chi connectivity index (χ1n) is 9.52. The summed E-state index contributed by atoms with van der Waals surface area (Å²) >= 11 is 0. The number of amides is 4. The van der Waals surface area contributed by atoms with Crippen LogP contribution in [-0.4, -0.2) is 77.1 Å². The van der Waals surface area contributed by atoms with E-state index in [1.54, 1.807) is 0 Å². The molecule has 4 amide bonds. The lowest BCUT2D eigenvalue weighted by atomic mass is 10.1. The van der Waals surface area contributed by atoms with Crippen LogP contribution in [0.2, 0.25) is 0 Å². The summed E-state index contributed by atoms with van der Waals surface area (Å²) in [5.74, 6) is -4.21. The third-order valence-electron chi connectivity index (χ3n) is 4.17. The molecule has 0 aliphatic carbocycles. The number of aliphatic hydroxyl groups excluding tert-OH is 1. The zero-order chi connectivity index (χ0) is 23.3. The molecular weight excluding hydrogens is 400 g/mol. The van der Waals surface area contributed by atoms with E-state index in [4.69, 9.17) is 27.4 Å². The maximum absolute atomic E-state index is 12.5. The number of carbonyl (C=O) groups excluding carboxylic acids is 4. The lowest BCUT2D eigenvalue weighted by Crippen LogP contribution is -2.56. The van der Waals surface area contributed by atoms with Crippen LogP contribution in [0.25, 0.3) is 0 Å². The summed E-state index contributed by atoms with van der Waals surface area (Å²) in [7, 11) is 0. The highest BCUT2D eigenvalue weighted by Gasteiger charge is 2.28. The van der Waals surface area contributed by atoms with Crippen LogP contribution in [-0.2, 0) is 24.0 Å². The molecule has 0 rings (SSSR count). The standard InChI is InChI=1S/C17H32N6O7/c1-9(14(26)23-12(8-24)17(29)30)21-16(28)11(4-2-3-7-18)22-15(27)10(19)5-6-13(20)25/h9-12,24H,2-8,18-19H2,1H3,(H2,20,25)(H,21,28)(H,22,27)(H,23,26)(H,29,30). The predicted octanol–water partition coefficient (Wildman–Crippen LogP) is -3.74. The van der Waals surface area contributed by atoms with Gasteiger partial charge in [-0.2, -0.15) is 0 Å². The van der Waals surface area contributed by atoms with Crippen molar-refractivity contribution in [2.75, 3.05) is 13.2 Å². The van der Waals surface area contributed by atoms with Crippen molar-refractivity contribution in [1.82, 2.24) is 16.0 Å². The zero-order valence-corrected chi connectivity index (χ0v) is 16.9. The number of hydrogen-bond donors (Lipinski definition) is 8. The Hall–Kier alpha value is -2.77. The van der Waals surface area contributed by atoms with Gasteiger partial charge in [-0.25, -0.2) is 4.79 Å². The van der Waals surface area contributed by atoms with Crippen LogP contribution >= 0.6 is 0 Å². The Labute approximate surface area is 174 Å². The molecule has 0 aliphatic rings. The molecule has 13 nitrogen and oxygen atoms in total. The average Bonchev–Trinajstić information content (AvgIpc) is 2.68. The van der Waals surface area contributed by atoms with E-state index >= 15 is 0 Å². The van der Waals surface area contributed by atoms with Crippen LogP contribution in [0.5, 0.6) is 0 Å². The topological polar surface area (TPSA) is 240 Å². The summed E-state index contributed by atoms with van der Waals surface area (Å²) in [6.45, 7) is 0.889. The summed E-state index contributed by atoms with van der Waals surface area (Å²) in [5.41, 5.74) is 16.2. The van der Waals surface area contributed by atoms with Crippen LogP contribution in [0.1, 0.15) is 39.0 Å². The monoisotopic (exact) mass is 432 g/mol. The molecule has 0 aromatic rings. The molecule has 0 aromatic heterocycles.